The first kappa shape index (κ1) is 18.1. The van der Waals surface area contributed by atoms with E-state index in [9.17, 15) is 0 Å². The van der Waals surface area contributed by atoms with Crippen molar-refractivity contribution < 1.29 is 0 Å². The van der Waals surface area contributed by atoms with Crippen molar-refractivity contribution >= 4 is 27.3 Å². The van der Waals surface area contributed by atoms with E-state index in [0.717, 1.165) is 32.4 Å². The van der Waals surface area contributed by atoms with E-state index < -0.39 is 0 Å². The molecule has 0 bridgehead atoms. The number of nitrogens with one attached hydrogen (secondary N) is 1. The van der Waals surface area contributed by atoms with Crippen LogP contribution in [-0.2, 0) is 6.42 Å². The average molecular weight is 362 g/mol. The van der Waals surface area contributed by atoms with Crippen LogP contribution in [0.5, 0.6) is 0 Å². The molecule has 1 rings (SSSR count). The lowest BCUT2D eigenvalue weighted by Crippen LogP contribution is -2.63. The Hall–Kier alpha value is 0.0600. The normalized spacial score (nSPS) is 13.9. The third-order valence-electron chi connectivity index (χ3n) is 4.55. The van der Waals surface area contributed by atoms with Crippen LogP contribution in [0.3, 0.4) is 0 Å². The van der Waals surface area contributed by atoms with Crippen LogP contribution in [0.15, 0.2) is 15.9 Å². The summed E-state index contributed by atoms with van der Waals surface area (Å²) in [5.74, 6) is 5.94. The molecule has 1 aromatic heterocycles. The molecule has 0 saturated heterocycles. The quantitative estimate of drug-likeness (QED) is 0.519. The predicted octanol–water partition coefficient (Wildman–Crippen LogP) is 3.79. The number of hydrazine groups is 1. The fraction of sp³-hybridized carbons (Fsp3) is 0.733. The minimum Gasteiger partial charge on any atom is -0.297 e. The molecule has 1 unspecified atom stereocenters. The standard InChI is InChI=1S/C15H28BrN3S/c1-5-15(6-2,19(7-3)8-4)14(18-17)11-13-12(16)9-10-20-13/h9-10,14,18H,5-8,11,17H2,1-4H3. The number of nitrogens with zero attached hydrogens (tertiary/aromatic N) is 1. The Morgan fingerprint density at radius 2 is 1.90 bits per heavy atom. The Morgan fingerprint density at radius 3 is 2.25 bits per heavy atom. The van der Waals surface area contributed by atoms with Crippen LogP contribution in [0.25, 0.3) is 0 Å². The molecule has 0 spiro atoms. The molecule has 0 aliphatic rings. The summed E-state index contributed by atoms with van der Waals surface area (Å²) in [6.45, 7) is 11.1. The van der Waals surface area contributed by atoms with Gasteiger partial charge in [0.1, 0.15) is 0 Å². The molecule has 0 aliphatic carbocycles. The summed E-state index contributed by atoms with van der Waals surface area (Å²) in [6.07, 6.45) is 3.17. The van der Waals surface area contributed by atoms with E-state index in [1.54, 1.807) is 11.3 Å². The van der Waals surface area contributed by atoms with Crippen LogP contribution in [0.1, 0.15) is 45.4 Å². The number of likely N-dealkylation sites (N-methyl/N-ethyl adjacent to an activating group) is 1. The van der Waals surface area contributed by atoms with Crippen molar-refractivity contribution in [3.63, 3.8) is 0 Å². The van der Waals surface area contributed by atoms with Gasteiger partial charge in [-0.2, -0.15) is 0 Å². The Kier molecular flexibility index (Phi) is 7.69. The zero-order valence-corrected chi connectivity index (χ0v) is 15.5. The van der Waals surface area contributed by atoms with Gasteiger partial charge in [-0.25, -0.2) is 0 Å². The van der Waals surface area contributed by atoms with Crippen LogP contribution in [-0.4, -0.2) is 29.6 Å². The van der Waals surface area contributed by atoms with Crippen LogP contribution < -0.4 is 11.3 Å². The highest BCUT2D eigenvalue weighted by Crippen LogP contribution is 2.32. The fourth-order valence-electron chi connectivity index (χ4n) is 3.32. The molecule has 0 amide bonds. The predicted molar refractivity (Wildman–Crippen MR) is 93.1 cm³/mol. The van der Waals surface area contributed by atoms with Gasteiger partial charge in [-0.3, -0.25) is 16.2 Å². The summed E-state index contributed by atoms with van der Waals surface area (Å²) >= 11 is 5.43. The topological polar surface area (TPSA) is 41.3 Å². The highest BCUT2D eigenvalue weighted by Gasteiger charge is 2.39. The van der Waals surface area contributed by atoms with Crippen molar-refractivity contribution in [2.75, 3.05) is 13.1 Å². The molecule has 3 N–H and O–H groups in total. The maximum absolute atomic E-state index is 5.94. The summed E-state index contributed by atoms with van der Waals surface area (Å²) in [6, 6.07) is 2.37. The molecule has 0 fully saturated rings. The largest absolute Gasteiger partial charge is 0.297 e. The van der Waals surface area contributed by atoms with E-state index in [1.807, 2.05) is 0 Å². The van der Waals surface area contributed by atoms with Gasteiger partial charge in [0.15, 0.2) is 0 Å². The molecule has 0 radical (unpaired) electrons. The van der Waals surface area contributed by atoms with Gasteiger partial charge >= 0.3 is 0 Å². The first-order chi connectivity index (χ1) is 9.59. The lowest BCUT2D eigenvalue weighted by atomic mass is 9.81. The Bertz CT molecular complexity index is 386. The smallest absolute Gasteiger partial charge is 0.0443 e. The number of hydrogen-bond donors (Lipinski definition) is 2. The van der Waals surface area contributed by atoms with Crippen LogP contribution in [0, 0.1) is 0 Å². The third kappa shape index (κ3) is 3.63. The Morgan fingerprint density at radius 1 is 1.30 bits per heavy atom. The van der Waals surface area contributed by atoms with Gasteiger partial charge in [-0.1, -0.05) is 27.7 Å². The van der Waals surface area contributed by atoms with E-state index in [0.29, 0.717) is 0 Å². The van der Waals surface area contributed by atoms with Gasteiger partial charge in [0, 0.05) is 27.4 Å². The van der Waals surface area contributed by atoms with Crippen molar-refractivity contribution in [1.82, 2.24) is 10.3 Å². The average Bonchev–Trinajstić information content (AvgIpc) is 2.88. The fourth-order valence-corrected chi connectivity index (χ4v) is 4.89. The number of nitrogens with two attached hydrogens (primary N) is 1. The van der Waals surface area contributed by atoms with Crippen molar-refractivity contribution in [3.05, 3.63) is 20.8 Å². The minimum absolute atomic E-state index is 0.113. The molecule has 0 aromatic carbocycles. The van der Waals surface area contributed by atoms with Gasteiger partial charge in [-0.15, -0.1) is 11.3 Å². The van der Waals surface area contributed by atoms with Crippen LogP contribution >= 0.6 is 27.3 Å². The number of hydrogen-bond acceptors (Lipinski definition) is 4. The highest BCUT2D eigenvalue weighted by atomic mass is 79.9. The lowest BCUT2D eigenvalue weighted by Gasteiger charge is -2.47. The summed E-state index contributed by atoms with van der Waals surface area (Å²) in [5.41, 5.74) is 3.22. The van der Waals surface area contributed by atoms with E-state index >= 15 is 0 Å². The number of rotatable bonds is 9. The van der Waals surface area contributed by atoms with Gasteiger partial charge in [-0.05, 0) is 53.3 Å². The molecular weight excluding hydrogens is 334 g/mol. The number of thiophene rings is 1. The van der Waals surface area contributed by atoms with E-state index in [4.69, 9.17) is 5.84 Å². The molecule has 20 heavy (non-hydrogen) atoms. The second-order valence-corrected chi connectivity index (χ2v) is 6.95. The maximum Gasteiger partial charge on any atom is 0.0443 e. The van der Waals surface area contributed by atoms with Crippen molar-refractivity contribution in [1.29, 1.82) is 0 Å². The Balaban J connectivity index is 3.05. The van der Waals surface area contributed by atoms with Gasteiger partial charge < -0.3 is 0 Å². The molecule has 116 valence electrons. The van der Waals surface area contributed by atoms with Crippen molar-refractivity contribution in [2.24, 2.45) is 5.84 Å². The van der Waals surface area contributed by atoms with E-state index in [1.165, 1.54) is 9.35 Å². The number of halogens is 1. The monoisotopic (exact) mass is 361 g/mol. The second-order valence-electron chi connectivity index (χ2n) is 5.10. The van der Waals surface area contributed by atoms with Gasteiger partial charge in [0.05, 0.1) is 0 Å². The highest BCUT2D eigenvalue weighted by molar-refractivity contribution is 9.10. The molecule has 1 atom stereocenters. The van der Waals surface area contributed by atoms with Crippen molar-refractivity contribution in [3.8, 4) is 0 Å². The minimum atomic E-state index is 0.113. The zero-order valence-electron chi connectivity index (χ0n) is 13.1. The molecule has 0 saturated carbocycles. The molecule has 1 aromatic rings. The zero-order chi connectivity index (χ0) is 15.2. The van der Waals surface area contributed by atoms with Crippen LogP contribution in [0.2, 0.25) is 0 Å². The first-order valence-corrected chi connectivity index (χ1v) is 9.19. The lowest BCUT2D eigenvalue weighted by molar-refractivity contribution is 0.0494. The van der Waals surface area contributed by atoms with Crippen LogP contribution in [0.4, 0.5) is 0 Å². The first-order valence-electron chi connectivity index (χ1n) is 7.52. The summed E-state index contributed by atoms with van der Waals surface area (Å²) in [4.78, 5) is 3.92. The SMILES string of the molecule is CCN(CC)C(CC)(CC)C(Cc1sccc1Br)NN. The van der Waals surface area contributed by atoms with E-state index in [-0.39, 0.29) is 11.6 Å². The van der Waals surface area contributed by atoms with Crippen molar-refractivity contribution in [2.45, 2.75) is 58.5 Å². The van der Waals surface area contributed by atoms with Gasteiger partial charge in [0.2, 0.25) is 0 Å². The van der Waals surface area contributed by atoms with Gasteiger partial charge in [0.25, 0.3) is 0 Å². The summed E-state index contributed by atoms with van der Waals surface area (Å²) < 4.78 is 1.20. The summed E-state index contributed by atoms with van der Waals surface area (Å²) in [7, 11) is 0. The molecule has 5 heteroatoms. The molecule has 0 aliphatic heterocycles. The molecular formula is C15H28BrN3S. The second kappa shape index (κ2) is 8.49. The maximum atomic E-state index is 5.94. The summed E-state index contributed by atoms with van der Waals surface area (Å²) in [5, 5.41) is 2.13. The van der Waals surface area contributed by atoms with E-state index in [2.05, 4.69) is 65.4 Å². The third-order valence-corrected chi connectivity index (χ3v) is 6.50. The Labute approximate surface area is 136 Å². The molecule has 3 nitrogen and oxygen atoms in total. The molecule has 1 heterocycles.